The van der Waals surface area contributed by atoms with Crippen LogP contribution in [-0.4, -0.2) is 50.7 Å². The van der Waals surface area contributed by atoms with Crippen LogP contribution in [0.5, 0.6) is 0 Å². The van der Waals surface area contributed by atoms with Gasteiger partial charge in [0, 0.05) is 44.5 Å². The van der Waals surface area contributed by atoms with E-state index in [4.69, 9.17) is 14.5 Å². The highest BCUT2D eigenvalue weighted by Gasteiger charge is 2.30. The number of hydrogen-bond acceptors (Lipinski definition) is 6. The zero-order valence-corrected chi connectivity index (χ0v) is 25.5. The first kappa shape index (κ1) is 30.0. The van der Waals surface area contributed by atoms with Gasteiger partial charge in [-0.05, 0) is 82.0 Å². The largest absolute Gasteiger partial charge is 0.381 e. The Balaban J connectivity index is 1.67. The van der Waals surface area contributed by atoms with Gasteiger partial charge in [0.05, 0.1) is 21.6 Å². The lowest BCUT2D eigenvalue weighted by atomic mass is 9.95. The monoisotopic (exact) mass is 570 g/mol. The van der Waals surface area contributed by atoms with Gasteiger partial charge in [-0.3, -0.25) is 9.10 Å². The third kappa shape index (κ3) is 6.19. The standard InChI is InChI=1S/C30H42N4O5S/c1-8-34(40(36,37)24-12-9-22(10-13-24)31-28(35)29(2,3)4)23-11-14-26-25(19-23)32-27(30(5,6)38-7)33(26)20-21-15-17-39-18-16-21/h9-14,19,21H,8,15-18,20H2,1-7H3,(H,31,35). The van der Waals surface area contributed by atoms with Crippen LogP contribution in [0.25, 0.3) is 11.0 Å². The minimum Gasteiger partial charge on any atom is -0.381 e. The first-order chi connectivity index (χ1) is 18.8. The Morgan fingerprint density at radius 1 is 1.10 bits per heavy atom. The maximum atomic E-state index is 13.7. The second-order valence-electron chi connectivity index (χ2n) is 11.9. The van der Waals surface area contributed by atoms with Gasteiger partial charge in [0.25, 0.3) is 10.0 Å². The number of fused-ring (bicyclic) bond motifs is 1. The van der Waals surface area contributed by atoms with Crippen molar-refractivity contribution in [3.05, 3.63) is 48.3 Å². The van der Waals surface area contributed by atoms with E-state index in [1.807, 2.05) is 59.7 Å². The fourth-order valence-corrected chi connectivity index (χ4v) is 6.31. The van der Waals surface area contributed by atoms with Gasteiger partial charge < -0.3 is 19.4 Å². The number of aromatic nitrogens is 2. The Kier molecular flexibility index (Phi) is 8.63. The van der Waals surface area contributed by atoms with E-state index in [2.05, 4.69) is 9.88 Å². The number of imidazole rings is 1. The highest BCUT2D eigenvalue weighted by Crippen LogP contribution is 2.33. The van der Waals surface area contributed by atoms with E-state index in [9.17, 15) is 13.2 Å². The van der Waals surface area contributed by atoms with Crippen LogP contribution < -0.4 is 9.62 Å². The summed E-state index contributed by atoms with van der Waals surface area (Å²) < 4.78 is 42.4. The minimum absolute atomic E-state index is 0.140. The molecule has 2 heterocycles. The van der Waals surface area contributed by atoms with Crippen LogP contribution >= 0.6 is 0 Å². The third-order valence-electron chi connectivity index (χ3n) is 7.52. The van der Waals surface area contributed by atoms with E-state index in [0.717, 1.165) is 49.5 Å². The van der Waals surface area contributed by atoms with Gasteiger partial charge in [0.15, 0.2) is 0 Å². The van der Waals surface area contributed by atoms with Crippen molar-refractivity contribution in [2.24, 2.45) is 11.3 Å². The van der Waals surface area contributed by atoms with Crippen LogP contribution in [-0.2, 0) is 36.4 Å². The summed E-state index contributed by atoms with van der Waals surface area (Å²) in [6.07, 6.45) is 1.98. The lowest BCUT2D eigenvalue weighted by Crippen LogP contribution is -2.31. The molecule has 0 bridgehead atoms. The number of nitrogens with zero attached hydrogens (tertiary/aromatic N) is 3. The van der Waals surface area contributed by atoms with Crippen molar-refractivity contribution in [3.8, 4) is 0 Å². The van der Waals surface area contributed by atoms with Gasteiger partial charge in [-0.25, -0.2) is 13.4 Å². The normalized spacial score (nSPS) is 15.4. The first-order valence-electron chi connectivity index (χ1n) is 13.9. The molecule has 1 aromatic heterocycles. The molecule has 9 nitrogen and oxygen atoms in total. The smallest absolute Gasteiger partial charge is 0.264 e. The fourth-order valence-electron chi connectivity index (χ4n) is 4.84. The van der Waals surface area contributed by atoms with Crippen LogP contribution in [0, 0.1) is 11.3 Å². The molecule has 2 aromatic carbocycles. The average Bonchev–Trinajstić information content (AvgIpc) is 3.27. The van der Waals surface area contributed by atoms with Crippen molar-refractivity contribution in [2.75, 3.05) is 36.5 Å². The lowest BCUT2D eigenvalue weighted by molar-refractivity contribution is -0.123. The molecule has 4 rings (SSSR count). The summed E-state index contributed by atoms with van der Waals surface area (Å²) in [5, 5.41) is 2.83. The minimum atomic E-state index is -3.86. The van der Waals surface area contributed by atoms with E-state index < -0.39 is 21.0 Å². The number of hydrogen-bond donors (Lipinski definition) is 1. The molecule has 3 aromatic rings. The van der Waals surface area contributed by atoms with Crippen molar-refractivity contribution in [1.29, 1.82) is 0 Å². The molecule has 1 fully saturated rings. The molecule has 10 heteroatoms. The van der Waals surface area contributed by atoms with Gasteiger partial charge in [-0.15, -0.1) is 0 Å². The highest BCUT2D eigenvalue weighted by atomic mass is 32.2. The van der Waals surface area contributed by atoms with E-state index in [1.165, 1.54) is 16.4 Å². The quantitative estimate of drug-likeness (QED) is 0.362. The number of sulfonamides is 1. The molecule has 218 valence electrons. The number of carbonyl (C=O) groups is 1. The second-order valence-corrected chi connectivity index (χ2v) is 13.7. The Bertz CT molecular complexity index is 1450. The summed E-state index contributed by atoms with van der Waals surface area (Å²) in [6, 6.07) is 11.9. The van der Waals surface area contributed by atoms with Gasteiger partial charge >= 0.3 is 0 Å². The average molecular weight is 571 g/mol. The van der Waals surface area contributed by atoms with Gasteiger partial charge in [0.2, 0.25) is 5.91 Å². The van der Waals surface area contributed by atoms with Crippen LogP contribution in [0.3, 0.4) is 0 Å². The molecule has 40 heavy (non-hydrogen) atoms. The van der Waals surface area contributed by atoms with Crippen molar-refractivity contribution in [1.82, 2.24) is 9.55 Å². The summed E-state index contributed by atoms with van der Waals surface area (Å²) in [5.41, 5.74) is 1.58. The molecule has 0 unspecified atom stereocenters. The Labute approximate surface area is 237 Å². The lowest BCUT2D eigenvalue weighted by Gasteiger charge is -2.27. The highest BCUT2D eigenvalue weighted by molar-refractivity contribution is 7.92. The molecule has 1 N–H and O–H groups in total. The SMILES string of the molecule is CCN(c1ccc2c(c1)nc(C(C)(C)OC)n2CC1CCOCC1)S(=O)(=O)c1ccc(NC(=O)C(C)(C)C)cc1. The van der Waals surface area contributed by atoms with Gasteiger partial charge in [-0.2, -0.15) is 0 Å². The second kappa shape index (κ2) is 11.5. The number of ether oxygens (including phenoxy) is 2. The molecule has 1 amide bonds. The molecule has 1 saturated heterocycles. The fraction of sp³-hybridized carbons (Fsp3) is 0.533. The number of rotatable bonds is 9. The number of nitrogens with one attached hydrogen (secondary N) is 1. The van der Waals surface area contributed by atoms with Gasteiger partial charge in [-0.1, -0.05) is 20.8 Å². The number of methoxy groups -OCH3 is 1. The predicted molar refractivity (Wildman–Crippen MR) is 158 cm³/mol. The summed E-state index contributed by atoms with van der Waals surface area (Å²) >= 11 is 0. The van der Waals surface area contributed by atoms with Gasteiger partial charge in [0.1, 0.15) is 11.4 Å². The third-order valence-corrected chi connectivity index (χ3v) is 9.44. The van der Waals surface area contributed by atoms with Crippen molar-refractivity contribution >= 4 is 38.3 Å². The Hall–Kier alpha value is -2.95. The van der Waals surface area contributed by atoms with E-state index in [0.29, 0.717) is 17.3 Å². The maximum Gasteiger partial charge on any atom is 0.264 e. The molecule has 1 aliphatic heterocycles. The van der Waals surface area contributed by atoms with Crippen molar-refractivity contribution in [3.63, 3.8) is 0 Å². The number of amides is 1. The molecule has 0 aliphatic carbocycles. The predicted octanol–water partition coefficient (Wildman–Crippen LogP) is 5.54. The molecule has 0 spiro atoms. The molecular weight excluding hydrogens is 528 g/mol. The zero-order chi connectivity index (χ0) is 29.3. The van der Waals surface area contributed by atoms with E-state index in [1.54, 1.807) is 19.2 Å². The number of anilines is 2. The maximum absolute atomic E-state index is 13.7. The zero-order valence-electron chi connectivity index (χ0n) is 24.7. The Morgan fingerprint density at radius 3 is 2.33 bits per heavy atom. The molecular formula is C30H42N4O5S. The first-order valence-corrected chi connectivity index (χ1v) is 15.3. The number of carbonyl (C=O) groups excluding carboxylic acids is 1. The van der Waals surface area contributed by atoms with Crippen LogP contribution in [0.2, 0.25) is 0 Å². The van der Waals surface area contributed by atoms with Crippen molar-refractivity contribution in [2.45, 2.75) is 71.4 Å². The molecule has 1 aliphatic rings. The summed E-state index contributed by atoms with van der Waals surface area (Å²) in [7, 11) is -2.18. The molecule has 0 saturated carbocycles. The Morgan fingerprint density at radius 2 is 1.75 bits per heavy atom. The van der Waals surface area contributed by atoms with Crippen molar-refractivity contribution < 1.29 is 22.7 Å². The topological polar surface area (TPSA) is 103 Å². The van der Waals surface area contributed by atoms with Crippen LogP contribution in [0.1, 0.15) is 60.2 Å². The van der Waals surface area contributed by atoms with Crippen LogP contribution in [0.15, 0.2) is 47.4 Å². The molecule has 0 atom stereocenters. The van der Waals surface area contributed by atoms with E-state index >= 15 is 0 Å². The molecule has 0 radical (unpaired) electrons. The summed E-state index contributed by atoms with van der Waals surface area (Å²) in [4.78, 5) is 17.4. The van der Waals surface area contributed by atoms with Crippen LogP contribution in [0.4, 0.5) is 11.4 Å². The van der Waals surface area contributed by atoms with E-state index in [-0.39, 0.29) is 17.3 Å². The summed E-state index contributed by atoms with van der Waals surface area (Å²) in [6.45, 7) is 13.8. The summed E-state index contributed by atoms with van der Waals surface area (Å²) in [5.74, 6) is 1.15. The number of benzene rings is 2.